The van der Waals surface area contributed by atoms with Gasteiger partial charge in [-0.15, -0.1) is 13.2 Å². The Labute approximate surface area is 115 Å². The quantitative estimate of drug-likeness (QED) is 0.386. The van der Waals surface area contributed by atoms with E-state index in [1.165, 1.54) is 0 Å². The molecule has 0 spiro atoms. The largest absolute Gasteiger partial charge is 0.465 e. The standard InChI is InChI=1S/C15H24O4/c1-7-18-13(16)15(9-11(3)4,10-12(5)6)14(17)19-8-2/h3,5,7-10H2,1-2,4,6H3. The SMILES string of the molecule is C=C(C)CC(CC(=C)C)(C(=O)OCC)C(=O)OCC. The van der Waals surface area contributed by atoms with Crippen LogP contribution in [-0.2, 0) is 19.1 Å². The molecule has 0 aromatic heterocycles. The Hall–Kier alpha value is -1.58. The molecule has 0 amide bonds. The first-order chi connectivity index (χ1) is 8.80. The van der Waals surface area contributed by atoms with E-state index in [0.29, 0.717) is 0 Å². The molecule has 0 aromatic rings. The van der Waals surface area contributed by atoms with Crippen molar-refractivity contribution in [2.45, 2.75) is 40.5 Å². The van der Waals surface area contributed by atoms with Crippen LogP contribution in [0.1, 0.15) is 40.5 Å². The van der Waals surface area contributed by atoms with Crippen molar-refractivity contribution in [3.8, 4) is 0 Å². The second-order valence-electron chi connectivity index (χ2n) is 4.79. The predicted octanol–water partition coefficient (Wildman–Crippen LogP) is 3.03. The minimum absolute atomic E-state index is 0.206. The van der Waals surface area contributed by atoms with E-state index in [2.05, 4.69) is 13.2 Å². The van der Waals surface area contributed by atoms with Crippen molar-refractivity contribution >= 4 is 11.9 Å². The zero-order chi connectivity index (χ0) is 15.1. The molecule has 0 heterocycles. The highest BCUT2D eigenvalue weighted by Gasteiger charge is 2.48. The number of esters is 2. The summed E-state index contributed by atoms with van der Waals surface area (Å²) in [7, 11) is 0. The van der Waals surface area contributed by atoms with Gasteiger partial charge in [0.15, 0.2) is 5.41 Å². The summed E-state index contributed by atoms with van der Waals surface area (Å²) in [6, 6.07) is 0. The first-order valence-corrected chi connectivity index (χ1v) is 6.43. The summed E-state index contributed by atoms with van der Waals surface area (Å²) in [5.41, 5.74) is 0.0914. The minimum atomic E-state index is -1.36. The van der Waals surface area contributed by atoms with Crippen LogP contribution < -0.4 is 0 Å². The van der Waals surface area contributed by atoms with E-state index in [0.717, 1.165) is 11.1 Å². The molecule has 4 heteroatoms. The van der Waals surface area contributed by atoms with E-state index in [1.807, 2.05) is 0 Å². The zero-order valence-corrected chi connectivity index (χ0v) is 12.4. The van der Waals surface area contributed by atoms with Crippen LogP contribution in [0.25, 0.3) is 0 Å². The number of carbonyl (C=O) groups excluding carboxylic acids is 2. The van der Waals surface area contributed by atoms with Gasteiger partial charge in [-0.25, -0.2) is 0 Å². The Kier molecular flexibility index (Phi) is 7.12. The lowest BCUT2D eigenvalue weighted by molar-refractivity contribution is -0.172. The molecule has 0 aliphatic carbocycles. The molecule has 0 bridgehead atoms. The molecule has 0 fully saturated rings. The van der Waals surface area contributed by atoms with Gasteiger partial charge in [0.05, 0.1) is 13.2 Å². The molecule has 0 saturated heterocycles. The van der Waals surface area contributed by atoms with Gasteiger partial charge in [-0.2, -0.15) is 0 Å². The lowest BCUT2D eigenvalue weighted by Gasteiger charge is -2.29. The van der Waals surface area contributed by atoms with E-state index in [4.69, 9.17) is 9.47 Å². The monoisotopic (exact) mass is 268 g/mol. The first-order valence-electron chi connectivity index (χ1n) is 6.43. The zero-order valence-electron chi connectivity index (χ0n) is 12.4. The highest BCUT2D eigenvalue weighted by molar-refractivity contribution is 6.00. The summed E-state index contributed by atoms with van der Waals surface area (Å²) in [6.45, 7) is 14.9. The van der Waals surface area contributed by atoms with Gasteiger partial charge in [0, 0.05) is 0 Å². The van der Waals surface area contributed by atoms with Crippen LogP contribution in [0.3, 0.4) is 0 Å². The van der Waals surface area contributed by atoms with Gasteiger partial charge in [0.1, 0.15) is 0 Å². The second-order valence-corrected chi connectivity index (χ2v) is 4.79. The third kappa shape index (κ3) is 4.89. The van der Waals surface area contributed by atoms with Crippen LogP contribution >= 0.6 is 0 Å². The van der Waals surface area contributed by atoms with Crippen molar-refractivity contribution in [2.75, 3.05) is 13.2 Å². The van der Waals surface area contributed by atoms with E-state index in [-0.39, 0.29) is 26.1 Å². The van der Waals surface area contributed by atoms with Crippen molar-refractivity contribution in [1.82, 2.24) is 0 Å². The van der Waals surface area contributed by atoms with Gasteiger partial charge in [-0.05, 0) is 40.5 Å². The predicted molar refractivity (Wildman–Crippen MR) is 74.6 cm³/mol. The van der Waals surface area contributed by atoms with Gasteiger partial charge >= 0.3 is 11.9 Å². The van der Waals surface area contributed by atoms with Crippen molar-refractivity contribution in [2.24, 2.45) is 5.41 Å². The lowest BCUT2D eigenvalue weighted by atomic mass is 9.77. The molecule has 19 heavy (non-hydrogen) atoms. The van der Waals surface area contributed by atoms with Crippen LogP contribution in [0, 0.1) is 5.41 Å². The normalized spacial score (nSPS) is 10.7. The fraction of sp³-hybridized carbons (Fsp3) is 0.600. The van der Waals surface area contributed by atoms with Crippen LogP contribution in [0.5, 0.6) is 0 Å². The maximum absolute atomic E-state index is 12.2. The van der Waals surface area contributed by atoms with Gasteiger partial charge < -0.3 is 9.47 Å². The van der Waals surface area contributed by atoms with Crippen molar-refractivity contribution in [3.05, 3.63) is 24.3 Å². The van der Waals surface area contributed by atoms with Crippen LogP contribution in [-0.4, -0.2) is 25.2 Å². The lowest BCUT2D eigenvalue weighted by Crippen LogP contribution is -2.42. The number of hydrogen-bond donors (Lipinski definition) is 0. The highest BCUT2D eigenvalue weighted by Crippen LogP contribution is 2.36. The molecule has 0 unspecified atom stereocenters. The van der Waals surface area contributed by atoms with Gasteiger partial charge in [0.2, 0.25) is 0 Å². The average molecular weight is 268 g/mol. The Morgan fingerprint density at radius 1 is 0.895 bits per heavy atom. The average Bonchev–Trinajstić information content (AvgIpc) is 2.27. The van der Waals surface area contributed by atoms with E-state index >= 15 is 0 Å². The summed E-state index contributed by atoms with van der Waals surface area (Å²) < 4.78 is 10.1. The molecule has 0 N–H and O–H groups in total. The van der Waals surface area contributed by atoms with Crippen LogP contribution in [0.15, 0.2) is 24.3 Å². The van der Waals surface area contributed by atoms with Crippen LogP contribution in [0.2, 0.25) is 0 Å². The summed E-state index contributed by atoms with van der Waals surface area (Å²) in [4.78, 5) is 24.5. The number of ether oxygens (including phenoxy) is 2. The number of rotatable bonds is 8. The van der Waals surface area contributed by atoms with E-state index < -0.39 is 17.4 Å². The summed E-state index contributed by atoms with van der Waals surface area (Å²) in [5.74, 6) is -1.14. The third-order valence-electron chi connectivity index (χ3n) is 2.54. The molecule has 0 saturated carbocycles. The van der Waals surface area contributed by atoms with Gasteiger partial charge in [0.25, 0.3) is 0 Å². The maximum Gasteiger partial charge on any atom is 0.324 e. The molecular weight excluding hydrogens is 244 g/mol. The van der Waals surface area contributed by atoms with E-state index in [1.54, 1.807) is 27.7 Å². The van der Waals surface area contributed by atoms with Crippen molar-refractivity contribution < 1.29 is 19.1 Å². The minimum Gasteiger partial charge on any atom is -0.465 e. The van der Waals surface area contributed by atoms with Crippen molar-refractivity contribution in [1.29, 1.82) is 0 Å². The third-order valence-corrected chi connectivity index (χ3v) is 2.54. The molecule has 4 nitrogen and oxygen atoms in total. The number of allylic oxidation sites excluding steroid dienone is 2. The Morgan fingerprint density at radius 2 is 1.21 bits per heavy atom. The molecule has 0 rings (SSSR count). The van der Waals surface area contributed by atoms with Gasteiger partial charge in [-0.1, -0.05) is 11.1 Å². The number of carbonyl (C=O) groups is 2. The molecule has 0 aliphatic heterocycles. The summed E-state index contributed by atoms with van der Waals surface area (Å²) in [6.07, 6.45) is 0.412. The fourth-order valence-electron chi connectivity index (χ4n) is 2.00. The topological polar surface area (TPSA) is 52.6 Å². The molecule has 0 atom stereocenters. The van der Waals surface area contributed by atoms with Crippen molar-refractivity contribution in [3.63, 3.8) is 0 Å². The molecule has 108 valence electrons. The Balaban J connectivity index is 5.54. The molecular formula is C15H24O4. The molecule has 0 radical (unpaired) electrons. The Bertz CT molecular complexity index is 332. The summed E-state index contributed by atoms with van der Waals surface area (Å²) >= 11 is 0. The molecule has 0 aromatic carbocycles. The molecule has 0 aliphatic rings. The number of hydrogen-bond acceptors (Lipinski definition) is 4. The maximum atomic E-state index is 12.2. The van der Waals surface area contributed by atoms with Gasteiger partial charge in [-0.3, -0.25) is 9.59 Å². The Morgan fingerprint density at radius 3 is 1.42 bits per heavy atom. The smallest absolute Gasteiger partial charge is 0.324 e. The fourth-order valence-corrected chi connectivity index (χ4v) is 2.00. The first kappa shape index (κ1) is 17.4. The second kappa shape index (κ2) is 7.77. The van der Waals surface area contributed by atoms with E-state index in [9.17, 15) is 9.59 Å². The summed E-state index contributed by atoms with van der Waals surface area (Å²) in [5, 5.41) is 0. The van der Waals surface area contributed by atoms with Crippen LogP contribution in [0.4, 0.5) is 0 Å². The highest BCUT2D eigenvalue weighted by atomic mass is 16.6.